The van der Waals surface area contributed by atoms with Gasteiger partial charge in [-0.05, 0) is 31.4 Å². The summed E-state index contributed by atoms with van der Waals surface area (Å²) in [7, 11) is 0. The first-order chi connectivity index (χ1) is 11.8. The van der Waals surface area contributed by atoms with Crippen LogP contribution >= 0.6 is 0 Å². The van der Waals surface area contributed by atoms with Crippen LogP contribution in [0.4, 0.5) is 0 Å². The van der Waals surface area contributed by atoms with E-state index in [0.717, 1.165) is 50.6 Å². The van der Waals surface area contributed by atoms with Crippen LogP contribution < -0.4 is 0 Å². The van der Waals surface area contributed by atoms with E-state index in [0.29, 0.717) is 24.1 Å². The topological polar surface area (TPSA) is 84.0 Å². The molecule has 126 valence electrons. The number of hydrogen-bond acceptors (Lipinski definition) is 5. The van der Waals surface area contributed by atoms with E-state index in [9.17, 15) is 4.79 Å². The maximum Gasteiger partial charge on any atom is 0.272 e. The Kier molecular flexibility index (Phi) is 4.25. The van der Waals surface area contributed by atoms with Crippen molar-refractivity contribution in [3.05, 3.63) is 41.7 Å². The minimum atomic E-state index is 0.00964. The average Bonchev–Trinajstić information content (AvgIpc) is 3.33. The number of carbonyl (C=O) groups excluding carboxylic acids is 1. The SMILES string of the molecule is O=C(c1ccccn1)N1CCC(c2nc([C@@H]3CCOC3)n[nH]2)CC1. The van der Waals surface area contributed by atoms with Gasteiger partial charge in [-0.1, -0.05) is 6.07 Å². The molecule has 7 nitrogen and oxygen atoms in total. The lowest BCUT2D eigenvalue weighted by atomic mass is 9.96. The van der Waals surface area contributed by atoms with Gasteiger partial charge in [-0.3, -0.25) is 14.9 Å². The van der Waals surface area contributed by atoms with Crippen LogP contribution in [0.3, 0.4) is 0 Å². The summed E-state index contributed by atoms with van der Waals surface area (Å²) in [5.41, 5.74) is 0.513. The highest BCUT2D eigenvalue weighted by Gasteiger charge is 2.28. The van der Waals surface area contributed by atoms with Crippen molar-refractivity contribution in [2.45, 2.75) is 31.1 Å². The molecule has 0 aliphatic carbocycles. The third kappa shape index (κ3) is 3.03. The Morgan fingerprint density at radius 1 is 1.21 bits per heavy atom. The lowest BCUT2D eigenvalue weighted by molar-refractivity contribution is 0.0705. The number of rotatable bonds is 3. The molecule has 1 amide bonds. The quantitative estimate of drug-likeness (QED) is 0.928. The molecule has 1 N–H and O–H groups in total. The molecule has 2 aromatic heterocycles. The number of aromatic amines is 1. The number of piperidine rings is 1. The molecule has 4 heterocycles. The number of hydrogen-bond donors (Lipinski definition) is 1. The van der Waals surface area contributed by atoms with Crippen LogP contribution in [0.2, 0.25) is 0 Å². The molecule has 0 bridgehead atoms. The summed E-state index contributed by atoms with van der Waals surface area (Å²) in [6, 6.07) is 5.43. The fraction of sp³-hybridized carbons (Fsp3) is 0.529. The molecule has 2 aromatic rings. The third-order valence-corrected chi connectivity index (χ3v) is 4.87. The van der Waals surface area contributed by atoms with Gasteiger partial charge < -0.3 is 9.64 Å². The minimum absolute atomic E-state index is 0.00964. The maximum absolute atomic E-state index is 12.4. The lowest BCUT2D eigenvalue weighted by Crippen LogP contribution is -2.38. The maximum atomic E-state index is 12.4. The van der Waals surface area contributed by atoms with E-state index in [-0.39, 0.29) is 5.91 Å². The first kappa shape index (κ1) is 15.3. The van der Waals surface area contributed by atoms with E-state index in [1.54, 1.807) is 12.3 Å². The van der Waals surface area contributed by atoms with Crippen molar-refractivity contribution in [3.8, 4) is 0 Å². The van der Waals surface area contributed by atoms with Crippen LogP contribution in [0, 0.1) is 0 Å². The molecule has 0 spiro atoms. The van der Waals surface area contributed by atoms with Gasteiger partial charge in [0.15, 0.2) is 5.82 Å². The van der Waals surface area contributed by atoms with Crippen molar-refractivity contribution in [1.29, 1.82) is 0 Å². The summed E-state index contributed by atoms with van der Waals surface area (Å²) in [6.45, 7) is 2.96. The third-order valence-electron chi connectivity index (χ3n) is 4.87. The fourth-order valence-corrected chi connectivity index (χ4v) is 3.40. The van der Waals surface area contributed by atoms with Crippen molar-refractivity contribution < 1.29 is 9.53 Å². The molecule has 1 atom stereocenters. The summed E-state index contributed by atoms with van der Waals surface area (Å²) in [5, 5.41) is 7.46. The Morgan fingerprint density at radius 3 is 2.79 bits per heavy atom. The molecule has 24 heavy (non-hydrogen) atoms. The Labute approximate surface area is 140 Å². The standard InChI is InChI=1S/C17H21N5O2/c23-17(14-3-1-2-7-18-14)22-8-4-12(5-9-22)15-19-16(21-20-15)13-6-10-24-11-13/h1-3,7,12-13H,4-6,8-11H2,(H,19,20,21)/t13-/m1/s1. The summed E-state index contributed by atoms with van der Waals surface area (Å²) in [5.74, 6) is 2.48. The monoisotopic (exact) mass is 327 g/mol. The van der Waals surface area contributed by atoms with Crippen LogP contribution in [0.25, 0.3) is 0 Å². The Morgan fingerprint density at radius 2 is 2.08 bits per heavy atom. The number of aromatic nitrogens is 4. The lowest BCUT2D eigenvalue weighted by Gasteiger charge is -2.30. The number of ether oxygens (including phenoxy) is 1. The van der Waals surface area contributed by atoms with Gasteiger partial charge in [0.05, 0.1) is 6.61 Å². The zero-order chi connectivity index (χ0) is 16.4. The summed E-state index contributed by atoms with van der Waals surface area (Å²) >= 11 is 0. The molecule has 2 aliphatic heterocycles. The van der Waals surface area contributed by atoms with Crippen molar-refractivity contribution >= 4 is 5.91 Å². The van der Waals surface area contributed by atoms with E-state index in [2.05, 4.69) is 20.2 Å². The van der Waals surface area contributed by atoms with Gasteiger partial charge in [0.1, 0.15) is 11.5 Å². The predicted octanol–water partition coefficient (Wildman–Crippen LogP) is 1.72. The minimum Gasteiger partial charge on any atom is -0.381 e. The molecule has 2 fully saturated rings. The van der Waals surface area contributed by atoms with Gasteiger partial charge in [0.25, 0.3) is 5.91 Å². The second kappa shape index (κ2) is 6.68. The highest BCUT2D eigenvalue weighted by molar-refractivity contribution is 5.92. The summed E-state index contributed by atoms with van der Waals surface area (Å²) in [6.07, 6.45) is 4.44. The molecule has 0 unspecified atom stereocenters. The number of amides is 1. The van der Waals surface area contributed by atoms with E-state index < -0.39 is 0 Å². The summed E-state index contributed by atoms with van der Waals surface area (Å²) < 4.78 is 5.40. The molecular formula is C17H21N5O2. The van der Waals surface area contributed by atoms with Gasteiger partial charge in [-0.25, -0.2) is 4.98 Å². The zero-order valence-corrected chi connectivity index (χ0v) is 13.5. The van der Waals surface area contributed by atoms with E-state index in [4.69, 9.17) is 4.74 Å². The molecule has 0 aromatic carbocycles. The molecule has 2 aliphatic rings. The number of likely N-dealkylation sites (tertiary alicyclic amines) is 1. The van der Waals surface area contributed by atoms with Crippen molar-refractivity contribution in [1.82, 2.24) is 25.1 Å². The highest BCUT2D eigenvalue weighted by Crippen LogP contribution is 2.28. The van der Waals surface area contributed by atoms with Crippen LogP contribution in [-0.2, 0) is 4.74 Å². The van der Waals surface area contributed by atoms with Gasteiger partial charge in [0.2, 0.25) is 0 Å². The Balaban J connectivity index is 1.37. The van der Waals surface area contributed by atoms with Crippen molar-refractivity contribution in [2.24, 2.45) is 0 Å². The normalized spacial score (nSPS) is 22.0. The molecule has 0 radical (unpaired) electrons. The van der Waals surface area contributed by atoms with Crippen molar-refractivity contribution in [3.63, 3.8) is 0 Å². The smallest absolute Gasteiger partial charge is 0.272 e. The first-order valence-corrected chi connectivity index (χ1v) is 8.51. The van der Waals surface area contributed by atoms with E-state index in [1.165, 1.54) is 0 Å². The number of nitrogens with zero attached hydrogens (tertiary/aromatic N) is 4. The number of nitrogens with one attached hydrogen (secondary N) is 1. The number of carbonyl (C=O) groups is 1. The molecular weight excluding hydrogens is 306 g/mol. The van der Waals surface area contributed by atoms with Crippen LogP contribution in [0.1, 0.15) is 53.2 Å². The van der Waals surface area contributed by atoms with Gasteiger partial charge in [-0.15, -0.1) is 0 Å². The van der Waals surface area contributed by atoms with E-state index >= 15 is 0 Å². The molecule has 2 saturated heterocycles. The highest BCUT2D eigenvalue weighted by atomic mass is 16.5. The molecule has 0 saturated carbocycles. The average molecular weight is 327 g/mol. The largest absolute Gasteiger partial charge is 0.381 e. The van der Waals surface area contributed by atoms with E-state index in [1.807, 2.05) is 17.0 Å². The van der Waals surface area contributed by atoms with Gasteiger partial charge >= 0.3 is 0 Å². The Hall–Kier alpha value is -2.28. The van der Waals surface area contributed by atoms with Crippen LogP contribution in [0.15, 0.2) is 24.4 Å². The number of H-pyrrole nitrogens is 1. The zero-order valence-electron chi connectivity index (χ0n) is 13.5. The predicted molar refractivity (Wildman–Crippen MR) is 86.7 cm³/mol. The number of pyridine rings is 1. The molecule has 7 heteroatoms. The second-order valence-corrected chi connectivity index (χ2v) is 6.42. The van der Waals surface area contributed by atoms with Crippen molar-refractivity contribution in [2.75, 3.05) is 26.3 Å². The molecule has 4 rings (SSSR count). The van der Waals surface area contributed by atoms with Crippen LogP contribution in [0.5, 0.6) is 0 Å². The van der Waals surface area contributed by atoms with Gasteiger partial charge in [0, 0.05) is 37.7 Å². The summed E-state index contributed by atoms with van der Waals surface area (Å²) in [4.78, 5) is 23.1. The fourth-order valence-electron chi connectivity index (χ4n) is 3.40. The Bertz CT molecular complexity index is 688. The van der Waals surface area contributed by atoms with Gasteiger partial charge in [-0.2, -0.15) is 5.10 Å². The van der Waals surface area contributed by atoms with Crippen LogP contribution in [-0.4, -0.2) is 57.3 Å². The second-order valence-electron chi connectivity index (χ2n) is 6.42. The first-order valence-electron chi connectivity index (χ1n) is 8.51.